The molecule has 0 unspecified atom stereocenters. The Hall–Kier alpha value is -2.01. The zero-order chi connectivity index (χ0) is 18.1. The predicted octanol–water partition coefficient (Wildman–Crippen LogP) is 3.75. The van der Waals surface area contributed by atoms with Crippen molar-refractivity contribution in [1.82, 2.24) is 5.32 Å². The van der Waals surface area contributed by atoms with Crippen LogP contribution in [0.5, 0.6) is 5.75 Å². The maximum absolute atomic E-state index is 12.2. The number of nitrogens with one attached hydrogen (secondary N) is 1. The molecule has 1 aromatic rings. The van der Waals surface area contributed by atoms with E-state index in [9.17, 15) is 9.59 Å². The molecule has 0 saturated carbocycles. The van der Waals surface area contributed by atoms with Crippen LogP contribution in [0.4, 0.5) is 0 Å². The summed E-state index contributed by atoms with van der Waals surface area (Å²) in [5.41, 5.74) is 1.42. The topological polar surface area (TPSA) is 64.6 Å². The van der Waals surface area contributed by atoms with Crippen LogP contribution < -0.4 is 10.1 Å². The molecule has 1 amide bonds. The van der Waals surface area contributed by atoms with Crippen LogP contribution >= 0.6 is 11.6 Å². The molecule has 1 N–H and O–H groups in total. The second-order valence-electron chi connectivity index (χ2n) is 5.87. The standard InChI is InChI=1S/C19H24ClNO4/c1-2-24-18(22)7-5-3-4-6-10-21-19(23)15-11-14-12-16(20)8-9-17(14)25-13-15/h8-9,11-12H,2-7,10,13H2,1H3,(H,21,23). The number of rotatable bonds is 9. The first kappa shape index (κ1) is 19.3. The fourth-order valence-corrected chi connectivity index (χ4v) is 2.76. The smallest absolute Gasteiger partial charge is 0.305 e. The quantitative estimate of drug-likeness (QED) is 0.534. The van der Waals surface area contributed by atoms with Gasteiger partial charge in [0, 0.05) is 23.6 Å². The van der Waals surface area contributed by atoms with Gasteiger partial charge in [-0.15, -0.1) is 0 Å². The first-order valence-electron chi connectivity index (χ1n) is 8.67. The van der Waals surface area contributed by atoms with Gasteiger partial charge in [0.2, 0.25) is 0 Å². The SMILES string of the molecule is CCOC(=O)CCCCCCNC(=O)C1=Cc2cc(Cl)ccc2OC1. The number of halogens is 1. The molecule has 0 aliphatic carbocycles. The molecule has 6 heteroatoms. The van der Waals surface area contributed by atoms with E-state index in [2.05, 4.69) is 5.32 Å². The van der Waals surface area contributed by atoms with Crippen LogP contribution in [-0.2, 0) is 14.3 Å². The van der Waals surface area contributed by atoms with Crippen LogP contribution in [-0.4, -0.2) is 31.6 Å². The van der Waals surface area contributed by atoms with Crippen molar-refractivity contribution in [3.05, 3.63) is 34.4 Å². The molecule has 1 aliphatic rings. The molecule has 1 aromatic carbocycles. The number of esters is 1. The third-order valence-electron chi connectivity index (χ3n) is 3.87. The molecular formula is C19H24ClNO4. The van der Waals surface area contributed by atoms with E-state index < -0.39 is 0 Å². The minimum Gasteiger partial charge on any atom is -0.488 e. The van der Waals surface area contributed by atoms with Crippen molar-refractivity contribution in [3.63, 3.8) is 0 Å². The van der Waals surface area contributed by atoms with Crippen LogP contribution in [0.15, 0.2) is 23.8 Å². The summed E-state index contributed by atoms with van der Waals surface area (Å²) >= 11 is 5.97. The van der Waals surface area contributed by atoms with Crippen LogP contribution in [0, 0.1) is 0 Å². The summed E-state index contributed by atoms with van der Waals surface area (Å²) in [6.45, 7) is 3.11. The number of fused-ring (bicyclic) bond motifs is 1. The Labute approximate surface area is 153 Å². The summed E-state index contributed by atoms with van der Waals surface area (Å²) in [7, 11) is 0. The minimum atomic E-state index is -0.138. The summed E-state index contributed by atoms with van der Waals surface area (Å²) < 4.78 is 10.5. The maximum Gasteiger partial charge on any atom is 0.305 e. The van der Waals surface area contributed by atoms with Crippen molar-refractivity contribution in [2.75, 3.05) is 19.8 Å². The van der Waals surface area contributed by atoms with E-state index in [1.807, 2.05) is 6.08 Å². The summed E-state index contributed by atoms with van der Waals surface area (Å²) in [6, 6.07) is 5.35. The fraction of sp³-hybridized carbons (Fsp3) is 0.474. The number of benzene rings is 1. The second kappa shape index (κ2) is 10.1. The highest BCUT2D eigenvalue weighted by atomic mass is 35.5. The number of unbranched alkanes of at least 4 members (excludes halogenated alkanes) is 3. The molecule has 2 rings (SSSR count). The normalized spacial score (nSPS) is 12.6. The van der Waals surface area contributed by atoms with E-state index in [-0.39, 0.29) is 18.5 Å². The number of amides is 1. The molecule has 0 aromatic heterocycles. The Kier molecular flexibility index (Phi) is 7.79. The van der Waals surface area contributed by atoms with E-state index in [0.29, 0.717) is 30.2 Å². The van der Waals surface area contributed by atoms with Crippen LogP contribution in [0.2, 0.25) is 5.02 Å². The van der Waals surface area contributed by atoms with Gasteiger partial charge in [-0.3, -0.25) is 9.59 Å². The summed E-state index contributed by atoms with van der Waals surface area (Å²) in [5, 5.41) is 3.52. The Morgan fingerprint density at radius 3 is 2.84 bits per heavy atom. The highest BCUT2D eigenvalue weighted by molar-refractivity contribution is 6.30. The van der Waals surface area contributed by atoms with Gasteiger partial charge < -0.3 is 14.8 Å². The van der Waals surface area contributed by atoms with Gasteiger partial charge in [0.25, 0.3) is 5.91 Å². The lowest BCUT2D eigenvalue weighted by molar-refractivity contribution is -0.143. The number of hydrogen-bond donors (Lipinski definition) is 1. The van der Waals surface area contributed by atoms with Gasteiger partial charge in [-0.2, -0.15) is 0 Å². The molecule has 0 bridgehead atoms. The molecule has 25 heavy (non-hydrogen) atoms. The zero-order valence-corrected chi connectivity index (χ0v) is 15.2. The van der Waals surface area contributed by atoms with Gasteiger partial charge in [-0.1, -0.05) is 24.4 Å². The van der Waals surface area contributed by atoms with Crippen molar-refractivity contribution in [1.29, 1.82) is 0 Å². The molecule has 0 radical (unpaired) electrons. The molecule has 0 spiro atoms. The highest BCUT2D eigenvalue weighted by Gasteiger charge is 2.17. The largest absolute Gasteiger partial charge is 0.488 e. The van der Waals surface area contributed by atoms with E-state index in [1.54, 1.807) is 25.1 Å². The van der Waals surface area contributed by atoms with E-state index >= 15 is 0 Å². The number of carbonyl (C=O) groups excluding carboxylic acids is 2. The van der Waals surface area contributed by atoms with E-state index in [0.717, 1.165) is 37.0 Å². The summed E-state index contributed by atoms with van der Waals surface area (Å²) in [5.74, 6) is 0.486. The lowest BCUT2D eigenvalue weighted by Crippen LogP contribution is -2.29. The van der Waals surface area contributed by atoms with Crippen molar-refractivity contribution in [3.8, 4) is 5.75 Å². The third kappa shape index (κ3) is 6.42. The zero-order valence-electron chi connectivity index (χ0n) is 14.5. The van der Waals surface area contributed by atoms with Crippen LogP contribution in [0.1, 0.15) is 44.6 Å². The van der Waals surface area contributed by atoms with Gasteiger partial charge >= 0.3 is 5.97 Å². The molecular weight excluding hydrogens is 342 g/mol. The van der Waals surface area contributed by atoms with Crippen LogP contribution in [0.3, 0.4) is 0 Å². The lowest BCUT2D eigenvalue weighted by Gasteiger charge is -2.17. The second-order valence-corrected chi connectivity index (χ2v) is 6.30. The number of carbonyl (C=O) groups is 2. The molecule has 136 valence electrons. The van der Waals surface area contributed by atoms with Gasteiger partial charge in [0.15, 0.2) is 0 Å². The van der Waals surface area contributed by atoms with Crippen molar-refractivity contribution in [2.45, 2.75) is 39.0 Å². The minimum absolute atomic E-state index is 0.114. The molecule has 0 saturated heterocycles. The van der Waals surface area contributed by atoms with Crippen molar-refractivity contribution in [2.24, 2.45) is 0 Å². The Bertz CT molecular complexity index is 642. The average molecular weight is 366 g/mol. The molecule has 1 aliphatic heterocycles. The maximum atomic E-state index is 12.2. The lowest BCUT2D eigenvalue weighted by atomic mass is 10.1. The third-order valence-corrected chi connectivity index (χ3v) is 4.11. The van der Waals surface area contributed by atoms with E-state index in [4.69, 9.17) is 21.1 Å². The molecule has 0 atom stereocenters. The number of ether oxygens (including phenoxy) is 2. The Morgan fingerprint density at radius 2 is 2.04 bits per heavy atom. The molecule has 5 nitrogen and oxygen atoms in total. The fourth-order valence-electron chi connectivity index (χ4n) is 2.58. The first-order valence-corrected chi connectivity index (χ1v) is 9.04. The Balaban J connectivity index is 1.65. The Morgan fingerprint density at radius 1 is 1.24 bits per heavy atom. The van der Waals surface area contributed by atoms with Gasteiger partial charge in [-0.25, -0.2) is 0 Å². The molecule has 0 fully saturated rings. The van der Waals surface area contributed by atoms with E-state index in [1.165, 1.54) is 0 Å². The van der Waals surface area contributed by atoms with Crippen molar-refractivity contribution >= 4 is 29.6 Å². The number of hydrogen-bond acceptors (Lipinski definition) is 4. The van der Waals surface area contributed by atoms with Gasteiger partial charge in [0.05, 0.1) is 12.2 Å². The van der Waals surface area contributed by atoms with Crippen molar-refractivity contribution < 1.29 is 19.1 Å². The first-order chi connectivity index (χ1) is 12.1. The predicted molar refractivity (Wildman–Crippen MR) is 97.7 cm³/mol. The summed E-state index contributed by atoms with van der Waals surface area (Å²) in [4.78, 5) is 23.4. The van der Waals surface area contributed by atoms with Gasteiger partial charge in [-0.05, 0) is 44.0 Å². The molecule has 1 heterocycles. The van der Waals surface area contributed by atoms with Gasteiger partial charge in [0.1, 0.15) is 12.4 Å². The van der Waals surface area contributed by atoms with Crippen LogP contribution in [0.25, 0.3) is 6.08 Å². The highest BCUT2D eigenvalue weighted by Crippen LogP contribution is 2.28. The summed E-state index contributed by atoms with van der Waals surface area (Å²) in [6.07, 6.45) is 5.90. The average Bonchev–Trinajstić information content (AvgIpc) is 2.60. The monoisotopic (exact) mass is 365 g/mol.